The van der Waals surface area contributed by atoms with Crippen molar-refractivity contribution in [3.05, 3.63) is 79.5 Å². The van der Waals surface area contributed by atoms with Crippen molar-refractivity contribution in [3.8, 4) is 34.9 Å². The molecule has 0 radical (unpaired) electrons. The summed E-state index contributed by atoms with van der Waals surface area (Å²) in [5.74, 6) is -0.0971. The normalized spacial score (nSPS) is 11.4. The average Bonchev–Trinajstić information content (AvgIpc) is 3.59. The maximum absolute atomic E-state index is 12.5. The van der Waals surface area contributed by atoms with E-state index in [0.29, 0.717) is 31.1 Å². The SMILES string of the molecule is N#CCBr.N#CCn1nc(-c2ccc(Cl)cc2)n(C[C@H](O)C(F)(F)F)c1=O.O=CO[O-].O=c1[nH]nc(-c2ccc(Cl)cc2)n1C[C@H](O)C(F)(F)F.[H-].[K+].[K+]. The number of rotatable bonds is 8. The molecule has 0 aliphatic carbocycles. The number of aromatic amines is 1. The minimum atomic E-state index is -4.88. The van der Waals surface area contributed by atoms with E-state index in [4.69, 9.17) is 48.9 Å². The third-order valence-electron chi connectivity index (χ3n) is 5.67. The number of carbonyl (C=O) groups is 1. The molecule has 0 bridgehead atoms. The van der Waals surface area contributed by atoms with Gasteiger partial charge < -0.3 is 21.8 Å². The van der Waals surface area contributed by atoms with Crippen molar-refractivity contribution in [1.29, 1.82) is 10.5 Å². The zero-order valence-electron chi connectivity index (χ0n) is 28.1. The molecule has 0 saturated heterocycles. The second kappa shape index (κ2) is 26.4. The second-order valence-electron chi connectivity index (χ2n) is 9.11. The number of nitrogens with zero attached hydrogens (tertiary/aromatic N) is 7. The van der Waals surface area contributed by atoms with E-state index in [0.717, 1.165) is 9.25 Å². The van der Waals surface area contributed by atoms with Crippen LogP contribution in [0.15, 0.2) is 58.1 Å². The fourth-order valence-electron chi connectivity index (χ4n) is 3.45. The van der Waals surface area contributed by atoms with E-state index in [9.17, 15) is 41.0 Å². The minimum absolute atomic E-state index is 0. The van der Waals surface area contributed by atoms with Gasteiger partial charge in [0.2, 0.25) is 0 Å². The smallest absolute Gasteiger partial charge is 1.00 e. The molecule has 0 fully saturated rings. The molecule has 2 atom stereocenters. The molecular formula is C27H23BrCl2F6K2N8O7. The number of nitriles is 2. The number of nitrogens with one attached hydrogen (secondary N) is 1. The van der Waals surface area contributed by atoms with E-state index in [2.05, 4.69) is 36.1 Å². The summed E-state index contributed by atoms with van der Waals surface area (Å²) in [6.45, 7) is -2.56. The van der Waals surface area contributed by atoms with E-state index in [-0.39, 0.29) is 122 Å². The molecule has 4 aromatic rings. The first kappa shape index (κ1) is 53.7. The molecule has 0 spiro atoms. The van der Waals surface area contributed by atoms with Crippen LogP contribution in [0.2, 0.25) is 10.0 Å². The molecule has 53 heavy (non-hydrogen) atoms. The summed E-state index contributed by atoms with van der Waals surface area (Å²) >= 11 is 14.3. The van der Waals surface area contributed by atoms with Crippen LogP contribution in [0, 0.1) is 22.7 Å². The largest absolute Gasteiger partial charge is 1.00 e. The summed E-state index contributed by atoms with van der Waals surface area (Å²) in [5.41, 5.74) is -1.02. The summed E-state index contributed by atoms with van der Waals surface area (Å²) in [6, 6.07) is 15.5. The monoisotopic (exact) mass is 912 g/mol. The summed E-state index contributed by atoms with van der Waals surface area (Å²) in [4.78, 5) is 34.8. The number of hydrogen-bond donors (Lipinski definition) is 3. The maximum atomic E-state index is 12.5. The van der Waals surface area contributed by atoms with Crippen molar-refractivity contribution in [2.24, 2.45) is 0 Å². The van der Waals surface area contributed by atoms with Gasteiger partial charge in [-0.3, -0.25) is 13.9 Å². The van der Waals surface area contributed by atoms with E-state index < -0.39 is 55.6 Å². The van der Waals surface area contributed by atoms with Gasteiger partial charge in [-0.2, -0.15) is 46.6 Å². The Morgan fingerprint density at radius 2 is 1.28 bits per heavy atom. The molecule has 26 heteroatoms. The quantitative estimate of drug-likeness (QED) is 0.0406. The molecule has 0 saturated carbocycles. The number of carbonyl (C=O) groups excluding carboxylic acids is 1. The molecule has 0 aliphatic rings. The average molecular weight is 915 g/mol. The molecule has 3 N–H and O–H groups in total. The number of aliphatic hydroxyl groups excluding tert-OH is 2. The topological polar surface area (TPSA) is 228 Å². The van der Waals surface area contributed by atoms with Crippen molar-refractivity contribution in [2.45, 2.75) is 44.2 Å². The first-order valence-electron chi connectivity index (χ1n) is 13.2. The van der Waals surface area contributed by atoms with E-state index in [1.807, 2.05) is 6.07 Å². The number of hydrogen-bond acceptors (Lipinski definition) is 11. The number of aromatic nitrogens is 6. The third kappa shape index (κ3) is 18.4. The number of H-pyrrole nitrogens is 1. The molecule has 2 heterocycles. The Morgan fingerprint density at radius 3 is 1.64 bits per heavy atom. The standard InChI is InChI=1S/C13H10ClF3N4O2.C11H9ClF3N3O2.C2H2BrN.CH2O3.2K.H/c14-9-3-1-8(2-4-9)11-19-21(6-5-18)12(23)20(11)7-10(22)13(15,16)17;12-7-3-1-6(2-4-7)9-16-17-10(20)18(9)5-8(19)11(13,14)15;3-1-2-4;2-1-4-3;;;/h1-4,10,22H,6-7H2;1-4,8,19H,5H2,(H,17,20);1H2;1,3H;;;/q;;;;2*+1;-1/p-1/t10-;8-;;;;;/m00...../s1. The van der Waals surface area contributed by atoms with E-state index in [1.54, 1.807) is 6.07 Å². The van der Waals surface area contributed by atoms with Gasteiger partial charge in [-0.15, -0.1) is 5.10 Å². The van der Waals surface area contributed by atoms with Crippen LogP contribution in [0.4, 0.5) is 26.3 Å². The molecule has 2 aromatic heterocycles. The molecule has 15 nitrogen and oxygen atoms in total. The fraction of sp³-hybridized carbons (Fsp3) is 0.296. The Bertz CT molecular complexity index is 1900. The molecule has 0 amide bonds. The van der Waals surface area contributed by atoms with Gasteiger partial charge in [0.15, 0.2) is 23.9 Å². The molecular weight excluding hydrogens is 891 g/mol. The predicted octanol–water partition coefficient (Wildman–Crippen LogP) is -2.91. The maximum Gasteiger partial charge on any atom is 1.00 e. The van der Waals surface area contributed by atoms with Crippen LogP contribution in [0.25, 0.3) is 22.8 Å². The Balaban J connectivity index is -0.000000771. The summed E-state index contributed by atoms with van der Waals surface area (Å²) in [5, 5.41) is 53.8. The van der Waals surface area contributed by atoms with Gasteiger partial charge in [-0.1, -0.05) is 39.1 Å². The number of benzene rings is 2. The van der Waals surface area contributed by atoms with Crippen LogP contribution >= 0.6 is 39.1 Å². The first-order chi connectivity index (χ1) is 23.9. The van der Waals surface area contributed by atoms with Crippen molar-refractivity contribution in [2.75, 3.05) is 5.33 Å². The summed E-state index contributed by atoms with van der Waals surface area (Å²) < 4.78 is 76.8. The summed E-state index contributed by atoms with van der Waals surface area (Å²) in [6.07, 6.45) is -15.1. The van der Waals surface area contributed by atoms with Crippen molar-refractivity contribution in [1.82, 2.24) is 29.1 Å². The van der Waals surface area contributed by atoms with E-state index in [1.165, 1.54) is 48.5 Å². The Kier molecular flexibility index (Phi) is 26.8. The van der Waals surface area contributed by atoms with E-state index >= 15 is 0 Å². The molecule has 2 aromatic carbocycles. The second-order valence-corrected chi connectivity index (χ2v) is 10.5. The van der Waals surface area contributed by atoms with Crippen molar-refractivity contribution in [3.63, 3.8) is 0 Å². The fourth-order valence-corrected chi connectivity index (χ4v) is 3.70. The zero-order valence-corrected chi connectivity index (χ0v) is 36.5. The van der Waals surface area contributed by atoms with Gasteiger partial charge in [-0.25, -0.2) is 14.7 Å². The Hall–Kier alpha value is -1.44. The van der Waals surface area contributed by atoms with Crippen LogP contribution < -0.4 is 119 Å². The Morgan fingerprint density at radius 1 is 0.887 bits per heavy atom. The number of halogens is 9. The van der Waals surface area contributed by atoms with Crippen LogP contribution in [-0.4, -0.2) is 75.7 Å². The molecule has 4 rings (SSSR count). The van der Waals surface area contributed by atoms with Gasteiger partial charge in [0.25, 0.3) is 6.47 Å². The van der Waals surface area contributed by atoms with Gasteiger partial charge in [0.1, 0.15) is 6.54 Å². The van der Waals surface area contributed by atoms with Gasteiger partial charge in [0, 0.05) is 21.2 Å². The van der Waals surface area contributed by atoms with Crippen LogP contribution in [0.3, 0.4) is 0 Å². The van der Waals surface area contributed by atoms with Gasteiger partial charge in [0.05, 0.1) is 30.6 Å². The predicted molar refractivity (Wildman–Crippen MR) is 168 cm³/mol. The molecule has 0 unspecified atom stereocenters. The minimum Gasteiger partial charge on any atom is -1.00 e. The molecule has 0 aliphatic heterocycles. The Labute approximate surface area is 399 Å². The van der Waals surface area contributed by atoms with Crippen LogP contribution in [-0.2, 0) is 29.3 Å². The van der Waals surface area contributed by atoms with Crippen molar-refractivity contribution >= 4 is 45.6 Å². The zero-order chi connectivity index (χ0) is 38.9. The van der Waals surface area contributed by atoms with Gasteiger partial charge in [-0.05, 0) is 48.5 Å². The third-order valence-corrected chi connectivity index (χ3v) is 6.43. The van der Waals surface area contributed by atoms with Gasteiger partial charge >= 0.3 is 127 Å². The van der Waals surface area contributed by atoms with Crippen molar-refractivity contribution < 1.29 is 156 Å². The molecule has 278 valence electrons. The van der Waals surface area contributed by atoms with Crippen LogP contribution in [0.5, 0.6) is 0 Å². The van der Waals surface area contributed by atoms with Crippen LogP contribution in [0.1, 0.15) is 1.43 Å². The number of aliphatic hydroxyl groups is 2. The number of alkyl halides is 7. The first-order valence-corrected chi connectivity index (χ1v) is 15.1. The summed E-state index contributed by atoms with van der Waals surface area (Å²) in [7, 11) is 0.